The van der Waals surface area contributed by atoms with Crippen molar-refractivity contribution in [2.24, 2.45) is 5.92 Å². The summed E-state index contributed by atoms with van der Waals surface area (Å²) in [5.74, 6) is 3.14. The van der Waals surface area contributed by atoms with Crippen LogP contribution in [0.2, 0.25) is 0 Å². The lowest BCUT2D eigenvalue weighted by Crippen LogP contribution is -2.20. The molecule has 1 heterocycles. The van der Waals surface area contributed by atoms with Gasteiger partial charge in [0.25, 0.3) is 0 Å². The van der Waals surface area contributed by atoms with Gasteiger partial charge in [-0.2, -0.15) is 0 Å². The molecule has 0 bridgehead atoms. The minimum absolute atomic E-state index is 0.764. The predicted octanol–water partition coefficient (Wildman–Crippen LogP) is 2.68. The van der Waals surface area contributed by atoms with Crippen LogP contribution in [0.5, 0.6) is 0 Å². The molecule has 0 spiro atoms. The summed E-state index contributed by atoms with van der Waals surface area (Å²) in [5, 5.41) is 3.55. The highest BCUT2D eigenvalue weighted by Crippen LogP contribution is 2.30. The Morgan fingerprint density at radius 1 is 1.33 bits per heavy atom. The van der Waals surface area contributed by atoms with Crippen molar-refractivity contribution in [1.29, 1.82) is 0 Å². The van der Waals surface area contributed by atoms with Gasteiger partial charge < -0.3 is 9.73 Å². The maximum atomic E-state index is 5.86. The summed E-state index contributed by atoms with van der Waals surface area (Å²) < 4.78 is 5.86. The van der Waals surface area contributed by atoms with Crippen LogP contribution in [-0.2, 0) is 13.1 Å². The van der Waals surface area contributed by atoms with Crippen LogP contribution in [0.1, 0.15) is 42.8 Å². The van der Waals surface area contributed by atoms with Gasteiger partial charge in [0.2, 0.25) is 0 Å². The van der Waals surface area contributed by atoms with Gasteiger partial charge in [-0.1, -0.05) is 0 Å². The molecule has 18 heavy (non-hydrogen) atoms. The second kappa shape index (κ2) is 5.06. The Kier molecular flexibility index (Phi) is 3.44. The van der Waals surface area contributed by atoms with Crippen LogP contribution >= 0.6 is 0 Å². The van der Waals surface area contributed by atoms with E-state index in [9.17, 15) is 0 Å². The maximum Gasteiger partial charge on any atom is 0.118 e. The van der Waals surface area contributed by atoms with Gasteiger partial charge in [-0.3, -0.25) is 4.90 Å². The number of aryl methyl sites for hydroxylation is 1. The molecule has 0 saturated heterocycles. The molecule has 3 rings (SSSR count). The second-order valence-electron chi connectivity index (χ2n) is 6.09. The van der Waals surface area contributed by atoms with Crippen molar-refractivity contribution in [3.8, 4) is 0 Å². The first kappa shape index (κ1) is 12.2. The van der Waals surface area contributed by atoms with Crippen molar-refractivity contribution in [2.75, 3.05) is 13.6 Å². The highest BCUT2D eigenvalue weighted by atomic mass is 16.3. The topological polar surface area (TPSA) is 28.4 Å². The monoisotopic (exact) mass is 248 g/mol. The normalized spacial score (nSPS) is 19.7. The van der Waals surface area contributed by atoms with Crippen LogP contribution in [0.4, 0.5) is 0 Å². The van der Waals surface area contributed by atoms with Gasteiger partial charge in [-0.15, -0.1) is 0 Å². The zero-order chi connectivity index (χ0) is 12.5. The molecule has 2 saturated carbocycles. The smallest absolute Gasteiger partial charge is 0.118 e. The lowest BCUT2D eigenvalue weighted by atomic mass is 10.2. The van der Waals surface area contributed by atoms with Gasteiger partial charge in [0, 0.05) is 24.7 Å². The third-order valence-electron chi connectivity index (χ3n) is 3.92. The molecule has 2 fully saturated rings. The molecule has 1 aromatic rings. The Morgan fingerprint density at radius 2 is 2.11 bits per heavy atom. The minimum Gasteiger partial charge on any atom is -0.465 e. The first-order valence-electron chi connectivity index (χ1n) is 7.21. The highest BCUT2D eigenvalue weighted by molar-refractivity contribution is 5.21. The molecule has 2 aliphatic rings. The molecular weight excluding hydrogens is 224 g/mol. The summed E-state index contributed by atoms with van der Waals surface area (Å²) >= 11 is 0. The van der Waals surface area contributed by atoms with E-state index in [0.717, 1.165) is 36.6 Å². The number of hydrogen-bond acceptors (Lipinski definition) is 3. The predicted molar refractivity (Wildman–Crippen MR) is 72.4 cm³/mol. The second-order valence-corrected chi connectivity index (χ2v) is 6.09. The van der Waals surface area contributed by atoms with E-state index < -0.39 is 0 Å². The fraction of sp³-hybridized carbons (Fsp3) is 0.733. The maximum absolute atomic E-state index is 5.86. The molecule has 0 amide bonds. The van der Waals surface area contributed by atoms with Crippen molar-refractivity contribution in [3.05, 3.63) is 23.2 Å². The van der Waals surface area contributed by atoms with E-state index in [1.807, 2.05) is 0 Å². The average molecular weight is 248 g/mol. The molecule has 0 atom stereocenters. The van der Waals surface area contributed by atoms with Crippen LogP contribution in [0.3, 0.4) is 0 Å². The SMILES string of the molecule is Cc1oc(CN(C)CC2CC2)cc1CNC1CC1. The number of furan rings is 1. The summed E-state index contributed by atoms with van der Waals surface area (Å²) in [5.41, 5.74) is 1.33. The van der Waals surface area contributed by atoms with Crippen molar-refractivity contribution in [3.63, 3.8) is 0 Å². The zero-order valence-corrected chi connectivity index (χ0v) is 11.5. The van der Waals surface area contributed by atoms with E-state index >= 15 is 0 Å². The molecule has 0 radical (unpaired) electrons. The third-order valence-corrected chi connectivity index (χ3v) is 3.92. The van der Waals surface area contributed by atoms with Crippen LogP contribution < -0.4 is 5.32 Å². The average Bonchev–Trinajstić information content (AvgIpc) is 3.19. The number of hydrogen-bond donors (Lipinski definition) is 1. The number of nitrogens with zero attached hydrogens (tertiary/aromatic N) is 1. The van der Waals surface area contributed by atoms with Crippen molar-refractivity contribution >= 4 is 0 Å². The Balaban J connectivity index is 1.52. The quantitative estimate of drug-likeness (QED) is 0.804. The summed E-state index contributed by atoms with van der Waals surface area (Å²) in [7, 11) is 2.19. The van der Waals surface area contributed by atoms with Gasteiger partial charge in [0.1, 0.15) is 11.5 Å². The number of rotatable bonds is 7. The first-order valence-corrected chi connectivity index (χ1v) is 7.21. The van der Waals surface area contributed by atoms with Crippen LogP contribution in [0.15, 0.2) is 10.5 Å². The lowest BCUT2D eigenvalue weighted by Gasteiger charge is -2.13. The fourth-order valence-corrected chi connectivity index (χ4v) is 2.45. The molecule has 3 nitrogen and oxygen atoms in total. The molecule has 2 aliphatic carbocycles. The molecule has 0 unspecified atom stereocenters. The minimum atomic E-state index is 0.764. The standard InChI is InChI=1S/C15H24N2O/c1-11-13(8-16-14-5-6-14)7-15(18-11)10-17(2)9-12-3-4-12/h7,12,14,16H,3-6,8-10H2,1-2H3. The Hall–Kier alpha value is -0.800. The molecular formula is C15H24N2O. The molecule has 0 aliphatic heterocycles. The van der Waals surface area contributed by atoms with Crippen molar-refractivity contribution in [2.45, 2.75) is 51.7 Å². The molecule has 100 valence electrons. The zero-order valence-electron chi connectivity index (χ0n) is 11.5. The molecule has 0 aromatic carbocycles. The lowest BCUT2D eigenvalue weighted by molar-refractivity contribution is 0.282. The van der Waals surface area contributed by atoms with E-state index in [4.69, 9.17) is 4.42 Å². The van der Waals surface area contributed by atoms with Crippen molar-refractivity contribution in [1.82, 2.24) is 10.2 Å². The summed E-state index contributed by atoms with van der Waals surface area (Å²) in [6.07, 6.45) is 5.51. The Morgan fingerprint density at radius 3 is 2.78 bits per heavy atom. The molecule has 3 heteroatoms. The van der Waals surface area contributed by atoms with Gasteiger partial charge >= 0.3 is 0 Å². The Bertz CT molecular complexity index is 405. The van der Waals surface area contributed by atoms with Gasteiger partial charge in [0.15, 0.2) is 0 Å². The van der Waals surface area contributed by atoms with Crippen LogP contribution in [-0.4, -0.2) is 24.5 Å². The summed E-state index contributed by atoms with van der Waals surface area (Å²) in [6.45, 7) is 5.21. The van der Waals surface area contributed by atoms with Gasteiger partial charge in [-0.05, 0) is 51.6 Å². The van der Waals surface area contributed by atoms with Crippen LogP contribution in [0, 0.1) is 12.8 Å². The summed E-state index contributed by atoms with van der Waals surface area (Å²) in [6, 6.07) is 2.99. The third kappa shape index (κ3) is 3.36. The van der Waals surface area contributed by atoms with E-state index in [1.165, 1.54) is 37.8 Å². The first-order chi connectivity index (χ1) is 8.70. The fourth-order valence-electron chi connectivity index (χ4n) is 2.45. The number of nitrogens with one attached hydrogen (secondary N) is 1. The van der Waals surface area contributed by atoms with Crippen molar-refractivity contribution < 1.29 is 4.42 Å². The molecule has 1 N–H and O–H groups in total. The highest BCUT2D eigenvalue weighted by Gasteiger charge is 2.23. The van der Waals surface area contributed by atoms with E-state index in [0.29, 0.717) is 0 Å². The Labute approximate surface area is 110 Å². The van der Waals surface area contributed by atoms with E-state index in [2.05, 4.69) is 30.3 Å². The molecule has 1 aromatic heterocycles. The van der Waals surface area contributed by atoms with E-state index in [-0.39, 0.29) is 0 Å². The van der Waals surface area contributed by atoms with Crippen LogP contribution in [0.25, 0.3) is 0 Å². The largest absolute Gasteiger partial charge is 0.465 e. The van der Waals surface area contributed by atoms with E-state index in [1.54, 1.807) is 0 Å². The van der Waals surface area contributed by atoms with Gasteiger partial charge in [-0.25, -0.2) is 0 Å². The van der Waals surface area contributed by atoms with Gasteiger partial charge in [0.05, 0.1) is 6.54 Å². The summed E-state index contributed by atoms with van der Waals surface area (Å²) in [4.78, 5) is 2.38.